The zero-order chi connectivity index (χ0) is 15.9. The summed E-state index contributed by atoms with van der Waals surface area (Å²) in [5.41, 5.74) is 2.24. The van der Waals surface area contributed by atoms with Crippen LogP contribution in [0.2, 0.25) is 0 Å². The lowest BCUT2D eigenvalue weighted by Gasteiger charge is -2.11. The van der Waals surface area contributed by atoms with Crippen molar-refractivity contribution in [3.63, 3.8) is 0 Å². The monoisotopic (exact) mass is 455 g/mol. The van der Waals surface area contributed by atoms with Crippen molar-refractivity contribution in [2.45, 2.75) is 19.5 Å². The fraction of sp³-hybridized carbons (Fsp3) is 0.294. The summed E-state index contributed by atoms with van der Waals surface area (Å²) < 4.78 is 2.19. The van der Waals surface area contributed by atoms with Crippen LogP contribution in [0.3, 0.4) is 0 Å². The molecule has 0 unspecified atom stereocenters. The summed E-state index contributed by atoms with van der Waals surface area (Å²) >= 11 is 1.75. The Morgan fingerprint density at radius 3 is 2.88 bits per heavy atom. The van der Waals surface area contributed by atoms with E-state index in [0.717, 1.165) is 37.5 Å². The van der Waals surface area contributed by atoms with Crippen LogP contribution in [0.4, 0.5) is 0 Å². The van der Waals surface area contributed by atoms with Gasteiger partial charge in [-0.2, -0.15) is 0 Å². The average molecular weight is 455 g/mol. The van der Waals surface area contributed by atoms with Crippen molar-refractivity contribution < 1.29 is 0 Å². The predicted molar refractivity (Wildman–Crippen MR) is 112 cm³/mol. The Morgan fingerprint density at radius 1 is 1.21 bits per heavy atom. The topological polar surface area (TPSA) is 54.2 Å². The summed E-state index contributed by atoms with van der Waals surface area (Å²) in [6.07, 6.45) is 2.93. The number of para-hydroxylation sites is 2. The van der Waals surface area contributed by atoms with Gasteiger partial charge in [0.15, 0.2) is 5.96 Å². The molecule has 7 heteroatoms. The third-order valence-electron chi connectivity index (χ3n) is 3.63. The molecule has 0 bridgehead atoms. The SMILES string of the molecule is CN=C(NCCCn1cnc2ccccc21)NCc1cccs1.I. The highest BCUT2D eigenvalue weighted by Gasteiger charge is 2.02. The van der Waals surface area contributed by atoms with Crippen molar-refractivity contribution in [2.24, 2.45) is 4.99 Å². The molecule has 0 amide bonds. The Morgan fingerprint density at radius 2 is 2.08 bits per heavy atom. The van der Waals surface area contributed by atoms with E-state index in [1.165, 1.54) is 10.4 Å². The predicted octanol–water partition coefficient (Wildman–Crippen LogP) is 3.47. The van der Waals surface area contributed by atoms with Crippen molar-refractivity contribution in [3.8, 4) is 0 Å². The highest BCUT2D eigenvalue weighted by molar-refractivity contribution is 14.0. The summed E-state index contributed by atoms with van der Waals surface area (Å²) in [5.74, 6) is 0.842. The minimum atomic E-state index is 0. The van der Waals surface area contributed by atoms with Crippen molar-refractivity contribution in [2.75, 3.05) is 13.6 Å². The van der Waals surface area contributed by atoms with Gasteiger partial charge >= 0.3 is 0 Å². The van der Waals surface area contributed by atoms with Crippen LogP contribution < -0.4 is 10.6 Å². The van der Waals surface area contributed by atoms with Gasteiger partial charge in [-0.3, -0.25) is 4.99 Å². The first-order valence-corrected chi connectivity index (χ1v) is 8.61. The minimum Gasteiger partial charge on any atom is -0.356 e. The Bertz CT molecular complexity index is 766. The number of aliphatic imine (C=N–C) groups is 1. The van der Waals surface area contributed by atoms with E-state index in [1.54, 1.807) is 18.4 Å². The average Bonchev–Trinajstić information content (AvgIpc) is 3.24. The second-order valence-electron chi connectivity index (χ2n) is 5.21. The fourth-order valence-electron chi connectivity index (χ4n) is 2.45. The van der Waals surface area contributed by atoms with Crippen LogP contribution in [0.25, 0.3) is 11.0 Å². The molecule has 0 atom stereocenters. The molecule has 0 aliphatic rings. The van der Waals surface area contributed by atoms with Crippen molar-refractivity contribution in [1.29, 1.82) is 0 Å². The van der Waals surface area contributed by atoms with E-state index >= 15 is 0 Å². The third-order valence-corrected chi connectivity index (χ3v) is 4.51. The molecule has 2 aromatic heterocycles. The van der Waals surface area contributed by atoms with Gasteiger partial charge < -0.3 is 15.2 Å². The fourth-order valence-corrected chi connectivity index (χ4v) is 3.09. The van der Waals surface area contributed by atoms with E-state index in [0.29, 0.717) is 0 Å². The minimum absolute atomic E-state index is 0. The zero-order valence-electron chi connectivity index (χ0n) is 13.6. The van der Waals surface area contributed by atoms with E-state index in [-0.39, 0.29) is 24.0 Å². The first-order valence-electron chi connectivity index (χ1n) is 7.73. The molecule has 3 rings (SSSR count). The van der Waals surface area contributed by atoms with Gasteiger partial charge in [-0.1, -0.05) is 18.2 Å². The first-order chi connectivity index (χ1) is 11.4. The Kier molecular flexibility index (Phi) is 7.51. The lowest BCUT2D eigenvalue weighted by Crippen LogP contribution is -2.37. The number of hydrogen-bond donors (Lipinski definition) is 2. The van der Waals surface area contributed by atoms with Gasteiger partial charge in [-0.25, -0.2) is 4.98 Å². The molecule has 5 nitrogen and oxygen atoms in total. The maximum absolute atomic E-state index is 4.41. The van der Waals surface area contributed by atoms with Gasteiger partial charge in [-0.15, -0.1) is 35.3 Å². The van der Waals surface area contributed by atoms with E-state index in [2.05, 4.69) is 54.8 Å². The van der Waals surface area contributed by atoms with Gasteiger partial charge in [0.2, 0.25) is 0 Å². The van der Waals surface area contributed by atoms with Crippen LogP contribution in [0.1, 0.15) is 11.3 Å². The van der Waals surface area contributed by atoms with Crippen LogP contribution in [0.5, 0.6) is 0 Å². The molecule has 0 aliphatic carbocycles. The molecule has 0 fully saturated rings. The second-order valence-corrected chi connectivity index (χ2v) is 6.24. The summed E-state index contributed by atoms with van der Waals surface area (Å²) in [6.45, 7) is 2.62. The van der Waals surface area contributed by atoms with E-state index in [1.807, 2.05) is 18.5 Å². The van der Waals surface area contributed by atoms with Crippen LogP contribution in [0.15, 0.2) is 53.1 Å². The number of imidazole rings is 1. The standard InChI is InChI=1S/C17H21N5S.HI/c1-18-17(20-12-14-6-4-11-23-14)19-9-5-10-22-13-21-15-7-2-3-8-16(15)22;/h2-4,6-8,11,13H,5,9-10,12H2,1H3,(H2,18,19,20);1H. The highest BCUT2D eigenvalue weighted by Crippen LogP contribution is 2.11. The number of aromatic nitrogens is 2. The number of guanidine groups is 1. The second kappa shape index (κ2) is 9.63. The van der Waals surface area contributed by atoms with E-state index in [4.69, 9.17) is 0 Å². The summed E-state index contributed by atoms with van der Waals surface area (Å²) in [7, 11) is 1.80. The number of thiophene rings is 1. The quantitative estimate of drug-likeness (QED) is 0.259. The molecular weight excluding hydrogens is 433 g/mol. The number of hydrogen-bond acceptors (Lipinski definition) is 3. The number of aryl methyl sites for hydroxylation is 1. The third kappa shape index (κ3) is 4.94. The Labute approximate surface area is 163 Å². The van der Waals surface area contributed by atoms with Crippen LogP contribution >= 0.6 is 35.3 Å². The molecule has 1 aromatic carbocycles. The van der Waals surface area contributed by atoms with Crippen LogP contribution in [-0.4, -0.2) is 29.1 Å². The van der Waals surface area contributed by atoms with Gasteiger partial charge in [-0.05, 0) is 30.0 Å². The lowest BCUT2D eigenvalue weighted by atomic mass is 10.3. The first kappa shape index (κ1) is 18.7. The molecule has 128 valence electrons. The molecule has 0 spiro atoms. The number of fused-ring (bicyclic) bond motifs is 1. The lowest BCUT2D eigenvalue weighted by molar-refractivity contribution is 0.637. The molecule has 2 N–H and O–H groups in total. The number of nitrogens with zero attached hydrogens (tertiary/aromatic N) is 3. The zero-order valence-corrected chi connectivity index (χ0v) is 16.8. The molecule has 0 saturated heterocycles. The van der Waals surface area contributed by atoms with E-state index < -0.39 is 0 Å². The molecule has 0 aliphatic heterocycles. The number of benzene rings is 1. The molecule has 3 aromatic rings. The van der Waals surface area contributed by atoms with Crippen LogP contribution in [-0.2, 0) is 13.1 Å². The largest absolute Gasteiger partial charge is 0.356 e. The molecule has 2 heterocycles. The van der Waals surface area contributed by atoms with Gasteiger partial charge in [0.25, 0.3) is 0 Å². The number of rotatable bonds is 6. The summed E-state index contributed by atoms with van der Waals surface area (Å²) in [4.78, 5) is 9.97. The van der Waals surface area contributed by atoms with Crippen molar-refractivity contribution >= 4 is 52.3 Å². The number of nitrogens with one attached hydrogen (secondary N) is 2. The van der Waals surface area contributed by atoms with Crippen molar-refractivity contribution in [3.05, 3.63) is 53.0 Å². The van der Waals surface area contributed by atoms with E-state index in [9.17, 15) is 0 Å². The smallest absolute Gasteiger partial charge is 0.191 e. The Hall–Kier alpha value is -1.61. The van der Waals surface area contributed by atoms with Crippen LogP contribution in [0, 0.1) is 0 Å². The molecule has 0 radical (unpaired) electrons. The Balaban J connectivity index is 0.00000208. The normalized spacial score (nSPS) is 11.3. The van der Waals surface area contributed by atoms with Gasteiger partial charge in [0.05, 0.1) is 23.9 Å². The van der Waals surface area contributed by atoms with Gasteiger partial charge in [0, 0.05) is 25.0 Å². The van der Waals surface area contributed by atoms with Crippen molar-refractivity contribution in [1.82, 2.24) is 20.2 Å². The summed E-state index contributed by atoms with van der Waals surface area (Å²) in [6, 6.07) is 12.4. The maximum atomic E-state index is 4.41. The number of halogens is 1. The maximum Gasteiger partial charge on any atom is 0.191 e. The highest BCUT2D eigenvalue weighted by atomic mass is 127. The summed E-state index contributed by atoms with van der Waals surface area (Å²) in [5, 5.41) is 8.76. The molecule has 0 saturated carbocycles. The molecular formula is C17H22IN5S. The molecule has 24 heavy (non-hydrogen) atoms. The van der Waals surface area contributed by atoms with Gasteiger partial charge in [0.1, 0.15) is 0 Å².